The van der Waals surface area contributed by atoms with Crippen LogP contribution in [0.3, 0.4) is 0 Å². The maximum atomic E-state index is 5.21. The van der Waals surface area contributed by atoms with Gasteiger partial charge in [0.05, 0.1) is 0 Å². The third-order valence-electron chi connectivity index (χ3n) is 0.605. The quantitative estimate of drug-likeness (QED) is 0.526. The van der Waals surface area contributed by atoms with E-state index in [0.717, 1.165) is 0 Å². The lowest BCUT2D eigenvalue weighted by atomic mass is 10.6. The fourth-order valence-electron chi connectivity index (χ4n) is 0.301. The Hall–Kier alpha value is -1.19. The lowest BCUT2D eigenvalue weighted by molar-refractivity contribution is 1.11. The zero-order valence-corrected chi connectivity index (χ0v) is 4.11. The molecule has 0 aromatic carbocycles. The summed E-state index contributed by atoms with van der Waals surface area (Å²) in [5.41, 5.74) is 5.21. The molecule has 3 nitrogen and oxygen atoms in total. The number of halogens is 1. The molecule has 0 aliphatic carbocycles. The second-order valence-corrected chi connectivity index (χ2v) is 1.13. The Kier molecular flexibility index (Phi) is 2.47. The molecule has 0 spiro atoms. The molecular weight excluding hydrogens is 109 g/mol. The number of nitrogens with two attached hydrogens (primary N) is 1. The van der Waals surface area contributed by atoms with Crippen LogP contribution in [0.5, 0.6) is 0 Å². The topological polar surface area (TPSA) is 51.8 Å². The number of aromatic nitrogens is 2. The number of nitrogens with zero attached hydrogens (tertiary/aromatic N) is 2. The summed E-state index contributed by atoms with van der Waals surface area (Å²) in [6.45, 7) is 0. The van der Waals surface area contributed by atoms with E-state index in [9.17, 15) is 0 Å². The number of hydrogen-bond donors (Lipinski definition) is 1. The van der Waals surface area contributed by atoms with Crippen LogP contribution in [-0.2, 0) is 0 Å². The molecule has 0 amide bonds. The third-order valence-corrected chi connectivity index (χ3v) is 0.605. The molecule has 0 unspecified atom stereocenters. The van der Waals surface area contributed by atoms with Crippen molar-refractivity contribution in [3.63, 3.8) is 0 Å². The Balaban J connectivity index is 0.000000490. The van der Waals surface area contributed by atoms with Gasteiger partial charge in [0, 0.05) is 6.20 Å². The fourth-order valence-corrected chi connectivity index (χ4v) is 0.301. The summed E-state index contributed by atoms with van der Waals surface area (Å²) in [5, 5.41) is 0. The highest BCUT2D eigenvalue weighted by atomic mass is 19.0. The van der Waals surface area contributed by atoms with Crippen LogP contribution in [0.4, 0.5) is 10.5 Å². The highest BCUT2D eigenvalue weighted by molar-refractivity contribution is 5.22. The first-order valence-corrected chi connectivity index (χ1v) is 1.91. The van der Waals surface area contributed by atoms with Crippen molar-refractivity contribution in [2.24, 2.45) is 0 Å². The predicted molar refractivity (Wildman–Crippen MR) is 28.9 cm³/mol. The zero-order valence-electron chi connectivity index (χ0n) is 4.11. The summed E-state index contributed by atoms with van der Waals surface area (Å²) >= 11 is 0. The summed E-state index contributed by atoms with van der Waals surface area (Å²) in [5.74, 6) is 0.509. The molecule has 0 fully saturated rings. The van der Waals surface area contributed by atoms with Crippen molar-refractivity contribution in [3.05, 3.63) is 18.6 Å². The molecule has 0 saturated carbocycles. The summed E-state index contributed by atoms with van der Waals surface area (Å²) < 4.78 is 0. The molecule has 4 heteroatoms. The molecule has 0 aliphatic rings. The first-order chi connectivity index (χ1) is 3.39. The first kappa shape index (κ1) is 6.81. The molecule has 0 radical (unpaired) electrons. The van der Waals surface area contributed by atoms with Gasteiger partial charge in [-0.25, -0.2) is 9.97 Å². The lowest BCUT2D eigenvalue weighted by Crippen LogP contribution is -1.87. The van der Waals surface area contributed by atoms with Crippen molar-refractivity contribution in [1.29, 1.82) is 0 Å². The summed E-state index contributed by atoms with van der Waals surface area (Å²) in [4.78, 5) is 7.30. The zero-order chi connectivity index (χ0) is 5.11. The van der Waals surface area contributed by atoms with Crippen molar-refractivity contribution >= 4 is 5.82 Å². The van der Waals surface area contributed by atoms with Crippen LogP contribution in [0.1, 0.15) is 0 Å². The van der Waals surface area contributed by atoms with Crippen LogP contribution >= 0.6 is 0 Å². The van der Waals surface area contributed by atoms with E-state index in [2.05, 4.69) is 9.97 Å². The van der Waals surface area contributed by atoms with Crippen molar-refractivity contribution in [3.8, 4) is 0 Å². The maximum absolute atomic E-state index is 5.21. The van der Waals surface area contributed by atoms with Crippen LogP contribution < -0.4 is 5.73 Å². The van der Waals surface area contributed by atoms with Gasteiger partial charge in [0.15, 0.2) is 0 Å². The molecule has 8 heavy (non-hydrogen) atoms. The smallest absolute Gasteiger partial charge is 0.126 e. The van der Waals surface area contributed by atoms with Gasteiger partial charge in [-0.1, -0.05) is 0 Å². The van der Waals surface area contributed by atoms with E-state index >= 15 is 0 Å². The van der Waals surface area contributed by atoms with Gasteiger partial charge < -0.3 is 5.73 Å². The van der Waals surface area contributed by atoms with Crippen molar-refractivity contribution in [2.45, 2.75) is 0 Å². The van der Waals surface area contributed by atoms with Gasteiger partial charge >= 0.3 is 0 Å². The largest absolute Gasteiger partial charge is 0.384 e. The Bertz CT molecular complexity index is 141. The molecule has 0 aliphatic heterocycles. The maximum Gasteiger partial charge on any atom is 0.126 e. The highest BCUT2D eigenvalue weighted by Gasteiger charge is 1.74. The Morgan fingerprint density at radius 3 is 2.50 bits per heavy atom. The van der Waals surface area contributed by atoms with Gasteiger partial charge in [0.1, 0.15) is 12.1 Å². The number of rotatable bonds is 0. The van der Waals surface area contributed by atoms with E-state index in [0.29, 0.717) is 5.82 Å². The SMILES string of the molecule is F.Nc1ccncn1. The number of anilines is 1. The van der Waals surface area contributed by atoms with Gasteiger partial charge in [-0.3, -0.25) is 4.70 Å². The molecule has 1 rings (SSSR count). The molecule has 1 aromatic heterocycles. The lowest BCUT2D eigenvalue weighted by Gasteiger charge is -1.82. The van der Waals surface area contributed by atoms with Gasteiger partial charge in [-0.2, -0.15) is 0 Å². The molecule has 0 saturated heterocycles. The number of nitrogen functional groups attached to an aromatic ring is 1. The van der Waals surface area contributed by atoms with E-state index < -0.39 is 0 Å². The molecular formula is C4H6FN3. The highest BCUT2D eigenvalue weighted by Crippen LogP contribution is 1.85. The van der Waals surface area contributed by atoms with Gasteiger partial charge in [0.2, 0.25) is 0 Å². The van der Waals surface area contributed by atoms with Crippen LogP contribution in [0, 0.1) is 0 Å². The van der Waals surface area contributed by atoms with E-state index in [-0.39, 0.29) is 4.70 Å². The van der Waals surface area contributed by atoms with Crippen LogP contribution in [0.2, 0.25) is 0 Å². The standard InChI is InChI=1S/C4H5N3.FH/c5-4-1-2-6-3-7-4;/h1-3H,(H2,5,6,7);1H. The molecule has 2 N–H and O–H groups in total. The minimum atomic E-state index is 0. The molecule has 0 atom stereocenters. The second-order valence-electron chi connectivity index (χ2n) is 1.13. The van der Waals surface area contributed by atoms with Crippen molar-refractivity contribution in [2.75, 3.05) is 5.73 Å². The first-order valence-electron chi connectivity index (χ1n) is 1.91. The second kappa shape index (κ2) is 2.90. The summed E-state index contributed by atoms with van der Waals surface area (Å²) in [6, 6.07) is 1.64. The van der Waals surface area contributed by atoms with Crippen LogP contribution in [0.25, 0.3) is 0 Å². The van der Waals surface area contributed by atoms with E-state index in [1.54, 1.807) is 12.3 Å². The average Bonchev–Trinajstić information content (AvgIpc) is 1.69. The van der Waals surface area contributed by atoms with Crippen molar-refractivity contribution < 1.29 is 4.70 Å². The monoisotopic (exact) mass is 115 g/mol. The molecule has 0 bridgehead atoms. The van der Waals surface area contributed by atoms with Gasteiger partial charge in [0.25, 0.3) is 0 Å². The third kappa shape index (κ3) is 1.51. The van der Waals surface area contributed by atoms with E-state index in [1.807, 2.05) is 0 Å². The van der Waals surface area contributed by atoms with Crippen molar-refractivity contribution in [1.82, 2.24) is 9.97 Å². The Labute approximate surface area is 45.9 Å². The average molecular weight is 115 g/mol. The van der Waals surface area contributed by atoms with E-state index in [4.69, 9.17) is 5.73 Å². The minimum Gasteiger partial charge on any atom is -0.384 e. The molecule has 1 heterocycles. The van der Waals surface area contributed by atoms with Gasteiger partial charge in [-0.05, 0) is 6.07 Å². The normalized spacial score (nSPS) is 7.50. The molecule has 1 aromatic rings. The summed E-state index contributed by atoms with van der Waals surface area (Å²) in [6.07, 6.45) is 3.01. The minimum absolute atomic E-state index is 0. The molecule has 44 valence electrons. The Morgan fingerprint density at radius 2 is 2.25 bits per heavy atom. The number of hydrogen-bond acceptors (Lipinski definition) is 3. The van der Waals surface area contributed by atoms with E-state index in [1.165, 1.54) is 6.33 Å². The van der Waals surface area contributed by atoms with Gasteiger partial charge in [-0.15, -0.1) is 0 Å². The van der Waals surface area contributed by atoms with Crippen LogP contribution in [-0.4, -0.2) is 9.97 Å². The van der Waals surface area contributed by atoms with Crippen LogP contribution in [0.15, 0.2) is 18.6 Å². The Morgan fingerprint density at radius 1 is 1.50 bits per heavy atom. The predicted octanol–water partition coefficient (Wildman–Crippen LogP) is 0.211. The fraction of sp³-hybridized carbons (Fsp3) is 0. The summed E-state index contributed by atoms with van der Waals surface area (Å²) in [7, 11) is 0.